The molecule has 16 heavy (non-hydrogen) atoms. The first kappa shape index (κ1) is 14.1. The van der Waals surface area contributed by atoms with Crippen molar-refractivity contribution in [2.75, 3.05) is 0 Å². The third-order valence-corrected chi connectivity index (χ3v) is 3.76. The van der Waals surface area contributed by atoms with E-state index in [0.717, 1.165) is 12.8 Å². The number of rotatable bonds is 3. The molecule has 0 aromatic heterocycles. The van der Waals surface area contributed by atoms with E-state index in [2.05, 4.69) is 20.8 Å². The average Bonchev–Trinajstić information content (AvgIpc) is 2.16. The van der Waals surface area contributed by atoms with Gasteiger partial charge >= 0.3 is 5.97 Å². The standard InChI is InChI=1S/C12H20Cl2O2/c1-7(2)9-5-4-8(3)6-10(9)16-12(15)11(13)14/h7-11H,4-6H2,1-3H3/t8-,9+,10-/m1/s1. The number of esters is 1. The summed E-state index contributed by atoms with van der Waals surface area (Å²) in [5.74, 6) is 1.06. The van der Waals surface area contributed by atoms with E-state index in [1.807, 2.05) is 0 Å². The van der Waals surface area contributed by atoms with Crippen molar-refractivity contribution in [1.29, 1.82) is 0 Å². The van der Waals surface area contributed by atoms with Gasteiger partial charge < -0.3 is 4.74 Å². The van der Waals surface area contributed by atoms with E-state index in [-0.39, 0.29) is 6.10 Å². The molecule has 1 rings (SSSR count). The molecule has 3 atom stereocenters. The van der Waals surface area contributed by atoms with Gasteiger partial charge in [0.25, 0.3) is 0 Å². The summed E-state index contributed by atoms with van der Waals surface area (Å²) in [7, 11) is 0. The molecule has 0 amide bonds. The lowest BCUT2D eigenvalue weighted by Crippen LogP contribution is -2.36. The largest absolute Gasteiger partial charge is 0.460 e. The summed E-state index contributed by atoms with van der Waals surface area (Å²) >= 11 is 11.0. The molecule has 0 aromatic rings. The molecular formula is C12H20Cl2O2. The highest BCUT2D eigenvalue weighted by atomic mass is 35.5. The maximum Gasteiger partial charge on any atom is 0.339 e. The molecule has 0 aliphatic heterocycles. The van der Waals surface area contributed by atoms with Gasteiger partial charge in [0.05, 0.1) is 0 Å². The van der Waals surface area contributed by atoms with Crippen LogP contribution < -0.4 is 0 Å². The zero-order chi connectivity index (χ0) is 12.3. The Kier molecular flexibility index (Phi) is 5.39. The molecule has 0 bridgehead atoms. The summed E-state index contributed by atoms with van der Waals surface area (Å²) in [6.45, 7) is 6.52. The van der Waals surface area contributed by atoms with Gasteiger partial charge in [-0.05, 0) is 30.6 Å². The van der Waals surface area contributed by atoms with Crippen LogP contribution in [0.1, 0.15) is 40.0 Å². The van der Waals surface area contributed by atoms with Crippen LogP contribution in [-0.4, -0.2) is 16.9 Å². The Balaban J connectivity index is 2.61. The van der Waals surface area contributed by atoms with E-state index >= 15 is 0 Å². The Morgan fingerprint density at radius 1 is 1.31 bits per heavy atom. The minimum absolute atomic E-state index is 0.0174. The fourth-order valence-electron chi connectivity index (χ4n) is 2.45. The summed E-state index contributed by atoms with van der Waals surface area (Å²) in [6.07, 6.45) is 3.24. The molecule has 0 unspecified atom stereocenters. The normalized spacial score (nSPS) is 30.8. The number of hydrogen-bond donors (Lipinski definition) is 0. The van der Waals surface area contributed by atoms with Gasteiger partial charge in [-0.25, -0.2) is 4.79 Å². The van der Waals surface area contributed by atoms with Crippen molar-refractivity contribution in [2.24, 2.45) is 17.8 Å². The Bertz CT molecular complexity index is 241. The van der Waals surface area contributed by atoms with Crippen LogP contribution in [0.5, 0.6) is 0 Å². The fourth-order valence-corrected chi connectivity index (χ4v) is 2.55. The van der Waals surface area contributed by atoms with E-state index in [1.54, 1.807) is 0 Å². The summed E-state index contributed by atoms with van der Waals surface area (Å²) < 4.78 is 5.39. The lowest BCUT2D eigenvalue weighted by atomic mass is 9.75. The predicted octanol–water partition coefficient (Wildman–Crippen LogP) is 3.79. The molecule has 0 aromatic carbocycles. The highest BCUT2D eigenvalue weighted by molar-refractivity contribution is 6.52. The molecule has 1 fully saturated rings. The second kappa shape index (κ2) is 6.11. The van der Waals surface area contributed by atoms with Crippen molar-refractivity contribution < 1.29 is 9.53 Å². The first-order chi connectivity index (χ1) is 7.41. The first-order valence-electron chi connectivity index (χ1n) is 5.90. The van der Waals surface area contributed by atoms with Crippen molar-refractivity contribution in [3.63, 3.8) is 0 Å². The number of carbonyl (C=O) groups excluding carboxylic acids is 1. The van der Waals surface area contributed by atoms with Crippen molar-refractivity contribution in [2.45, 2.75) is 51.0 Å². The summed E-state index contributed by atoms with van der Waals surface area (Å²) in [5.41, 5.74) is 0. The SMILES string of the molecule is CC(C)[C@@H]1CC[C@@H](C)C[C@H]1OC(=O)C(Cl)Cl. The summed E-state index contributed by atoms with van der Waals surface area (Å²) in [5, 5.41) is 0. The van der Waals surface area contributed by atoms with Gasteiger partial charge in [-0.1, -0.05) is 50.4 Å². The second-order valence-corrected chi connectivity index (χ2v) is 6.20. The number of carbonyl (C=O) groups is 1. The molecule has 0 saturated heterocycles. The lowest BCUT2D eigenvalue weighted by Gasteiger charge is -2.36. The van der Waals surface area contributed by atoms with Gasteiger partial charge in [-0.2, -0.15) is 0 Å². The van der Waals surface area contributed by atoms with Crippen LogP contribution in [-0.2, 0) is 9.53 Å². The monoisotopic (exact) mass is 266 g/mol. The van der Waals surface area contributed by atoms with Crippen molar-refractivity contribution in [1.82, 2.24) is 0 Å². The summed E-state index contributed by atoms with van der Waals surface area (Å²) in [6, 6.07) is 0. The Hall–Kier alpha value is 0.0500. The maximum absolute atomic E-state index is 11.4. The van der Waals surface area contributed by atoms with Gasteiger partial charge in [0.15, 0.2) is 0 Å². The molecule has 1 aliphatic rings. The van der Waals surface area contributed by atoms with Gasteiger partial charge in [0.2, 0.25) is 4.84 Å². The molecule has 94 valence electrons. The number of alkyl halides is 2. The van der Waals surface area contributed by atoms with Gasteiger partial charge in [0.1, 0.15) is 6.10 Å². The molecule has 1 aliphatic carbocycles. The predicted molar refractivity (Wildman–Crippen MR) is 66.7 cm³/mol. The Labute approximate surface area is 108 Å². The van der Waals surface area contributed by atoms with E-state index < -0.39 is 10.8 Å². The van der Waals surface area contributed by atoms with Crippen LogP contribution in [0.3, 0.4) is 0 Å². The van der Waals surface area contributed by atoms with E-state index in [0.29, 0.717) is 17.8 Å². The van der Waals surface area contributed by atoms with Crippen LogP contribution >= 0.6 is 23.2 Å². The Morgan fingerprint density at radius 3 is 2.44 bits per heavy atom. The maximum atomic E-state index is 11.4. The van der Waals surface area contributed by atoms with Gasteiger partial charge in [0, 0.05) is 0 Å². The van der Waals surface area contributed by atoms with Crippen molar-refractivity contribution in [3.05, 3.63) is 0 Å². The molecule has 4 heteroatoms. The minimum Gasteiger partial charge on any atom is -0.460 e. The van der Waals surface area contributed by atoms with Crippen molar-refractivity contribution in [3.8, 4) is 0 Å². The van der Waals surface area contributed by atoms with Gasteiger partial charge in [-0.3, -0.25) is 0 Å². The van der Waals surface area contributed by atoms with E-state index in [9.17, 15) is 4.79 Å². The Morgan fingerprint density at radius 2 is 1.94 bits per heavy atom. The second-order valence-electron chi connectivity index (χ2n) is 5.10. The number of ether oxygens (including phenoxy) is 1. The van der Waals surface area contributed by atoms with E-state index in [4.69, 9.17) is 27.9 Å². The van der Waals surface area contributed by atoms with Crippen LogP contribution in [0.2, 0.25) is 0 Å². The molecular weight excluding hydrogens is 247 g/mol. The lowest BCUT2D eigenvalue weighted by molar-refractivity contribution is -0.153. The number of halogens is 2. The topological polar surface area (TPSA) is 26.3 Å². The zero-order valence-electron chi connectivity index (χ0n) is 10.1. The van der Waals surface area contributed by atoms with Gasteiger partial charge in [-0.15, -0.1) is 0 Å². The fraction of sp³-hybridized carbons (Fsp3) is 0.917. The quantitative estimate of drug-likeness (QED) is 0.574. The highest BCUT2D eigenvalue weighted by Crippen LogP contribution is 2.35. The number of hydrogen-bond acceptors (Lipinski definition) is 2. The third-order valence-electron chi connectivity index (χ3n) is 3.41. The van der Waals surface area contributed by atoms with Crippen LogP contribution in [0.4, 0.5) is 0 Å². The highest BCUT2D eigenvalue weighted by Gasteiger charge is 2.34. The molecule has 0 spiro atoms. The van der Waals surface area contributed by atoms with Crippen molar-refractivity contribution >= 4 is 29.2 Å². The third kappa shape index (κ3) is 3.81. The average molecular weight is 267 g/mol. The van der Waals surface area contributed by atoms with Crippen LogP contribution in [0, 0.1) is 17.8 Å². The zero-order valence-corrected chi connectivity index (χ0v) is 11.6. The molecule has 0 heterocycles. The summed E-state index contributed by atoms with van der Waals surface area (Å²) in [4.78, 5) is 10.3. The minimum atomic E-state index is -1.06. The molecule has 2 nitrogen and oxygen atoms in total. The first-order valence-corrected chi connectivity index (χ1v) is 6.77. The van der Waals surface area contributed by atoms with E-state index in [1.165, 1.54) is 6.42 Å². The van der Waals surface area contributed by atoms with Crippen LogP contribution in [0.15, 0.2) is 0 Å². The molecule has 0 N–H and O–H groups in total. The smallest absolute Gasteiger partial charge is 0.339 e. The molecule has 1 saturated carbocycles. The molecule has 0 radical (unpaired) electrons. The van der Waals surface area contributed by atoms with Crippen LogP contribution in [0.25, 0.3) is 0 Å².